The van der Waals surface area contributed by atoms with Crippen molar-refractivity contribution in [2.24, 2.45) is 5.92 Å². The van der Waals surface area contributed by atoms with Gasteiger partial charge < -0.3 is 9.80 Å². The van der Waals surface area contributed by atoms with E-state index in [9.17, 15) is 4.79 Å². The van der Waals surface area contributed by atoms with E-state index < -0.39 is 0 Å². The minimum Gasteiger partial charge on any atom is -0.355 e. The molecular formula is C20H24N4O. The number of fused-ring (bicyclic) bond motifs is 1. The van der Waals surface area contributed by atoms with Crippen LogP contribution in [0.1, 0.15) is 41.4 Å². The van der Waals surface area contributed by atoms with Crippen LogP contribution in [0, 0.1) is 5.92 Å². The summed E-state index contributed by atoms with van der Waals surface area (Å²) in [6, 6.07) is 8.33. The second-order valence-electron chi connectivity index (χ2n) is 7.20. The Morgan fingerprint density at radius 2 is 1.96 bits per heavy atom. The highest BCUT2D eigenvalue weighted by atomic mass is 16.2. The molecule has 3 heterocycles. The fourth-order valence-corrected chi connectivity index (χ4v) is 3.82. The van der Waals surface area contributed by atoms with Crippen LogP contribution in [0.15, 0.2) is 36.7 Å². The minimum atomic E-state index is -0.0273. The highest BCUT2D eigenvalue weighted by Crippen LogP contribution is 2.22. The van der Waals surface area contributed by atoms with Crippen LogP contribution in [0.4, 0.5) is 5.82 Å². The van der Waals surface area contributed by atoms with Gasteiger partial charge in [-0.25, -0.2) is 9.97 Å². The molecule has 0 saturated carbocycles. The molecule has 1 aromatic heterocycles. The van der Waals surface area contributed by atoms with E-state index >= 15 is 0 Å². The topological polar surface area (TPSA) is 49.3 Å². The first-order valence-electron chi connectivity index (χ1n) is 9.14. The molecule has 0 aliphatic carbocycles. The predicted octanol–water partition coefficient (Wildman–Crippen LogP) is 2.91. The quantitative estimate of drug-likeness (QED) is 0.846. The number of rotatable bonds is 2. The fraction of sp³-hybridized carbons (Fsp3) is 0.450. The summed E-state index contributed by atoms with van der Waals surface area (Å²) >= 11 is 0. The lowest BCUT2D eigenvalue weighted by atomic mass is 10.00. The van der Waals surface area contributed by atoms with Gasteiger partial charge in [0.25, 0.3) is 5.91 Å². The average molecular weight is 336 g/mol. The van der Waals surface area contributed by atoms with Gasteiger partial charge in [-0.3, -0.25) is 4.79 Å². The SMILES string of the molecule is CC1CCCN(c2cnc(C(=O)N3CCc4ccccc4C3)cn2)C1. The van der Waals surface area contributed by atoms with Gasteiger partial charge in [-0.1, -0.05) is 31.2 Å². The average Bonchev–Trinajstić information content (AvgIpc) is 2.67. The van der Waals surface area contributed by atoms with Gasteiger partial charge in [0.2, 0.25) is 0 Å². The summed E-state index contributed by atoms with van der Waals surface area (Å²) in [7, 11) is 0. The lowest BCUT2D eigenvalue weighted by Crippen LogP contribution is -2.37. The molecule has 1 atom stereocenters. The van der Waals surface area contributed by atoms with Crippen molar-refractivity contribution >= 4 is 11.7 Å². The number of amides is 1. The number of piperidine rings is 1. The summed E-state index contributed by atoms with van der Waals surface area (Å²) in [5.74, 6) is 1.54. The lowest BCUT2D eigenvalue weighted by molar-refractivity contribution is 0.0728. The van der Waals surface area contributed by atoms with Gasteiger partial charge >= 0.3 is 0 Å². The molecule has 1 aromatic carbocycles. The third-order valence-corrected chi connectivity index (χ3v) is 5.26. The largest absolute Gasteiger partial charge is 0.355 e. The first-order chi connectivity index (χ1) is 12.2. The fourth-order valence-electron chi connectivity index (χ4n) is 3.82. The van der Waals surface area contributed by atoms with Crippen molar-refractivity contribution in [2.45, 2.75) is 32.7 Å². The Kier molecular flexibility index (Phi) is 4.38. The van der Waals surface area contributed by atoms with Crippen molar-refractivity contribution < 1.29 is 4.79 Å². The molecule has 2 aliphatic heterocycles. The summed E-state index contributed by atoms with van der Waals surface area (Å²) in [6.07, 6.45) is 6.76. The Balaban J connectivity index is 1.46. The zero-order valence-electron chi connectivity index (χ0n) is 14.7. The summed E-state index contributed by atoms with van der Waals surface area (Å²) in [6.45, 7) is 5.71. The maximum Gasteiger partial charge on any atom is 0.274 e. The van der Waals surface area contributed by atoms with E-state index in [1.165, 1.54) is 24.0 Å². The number of hydrogen-bond donors (Lipinski definition) is 0. The summed E-state index contributed by atoms with van der Waals surface area (Å²) in [5, 5.41) is 0. The highest BCUT2D eigenvalue weighted by molar-refractivity contribution is 5.92. The standard InChI is InChI=1S/C20H24N4O/c1-15-5-4-9-23(13-15)19-12-21-18(11-22-19)20(25)24-10-8-16-6-2-3-7-17(16)14-24/h2-3,6-7,11-12,15H,4-5,8-10,13-14H2,1H3. The van der Waals surface area contributed by atoms with E-state index in [0.717, 1.165) is 31.9 Å². The van der Waals surface area contributed by atoms with Crippen LogP contribution >= 0.6 is 0 Å². The molecule has 5 nitrogen and oxygen atoms in total. The van der Waals surface area contributed by atoms with E-state index in [1.54, 1.807) is 12.4 Å². The van der Waals surface area contributed by atoms with Crippen LogP contribution in [0.2, 0.25) is 0 Å². The number of benzene rings is 1. The third-order valence-electron chi connectivity index (χ3n) is 5.26. The number of hydrogen-bond acceptors (Lipinski definition) is 4. The summed E-state index contributed by atoms with van der Waals surface area (Å²) < 4.78 is 0. The van der Waals surface area contributed by atoms with Crippen LogP contribution in [0.5, 0.6) is 0 Å². The van der Waals surface area contributed by atoms with E-state index in [-0.39, 0.29) is 5.91 Å². The Morgan fingerprint density at radius 3 is 2.72 bits per heavy atom. The van der Waals surface area contributed by atoms with E-state index in [2.05, 4.69) is 40.0 Å². The lowest BCUT2D eigenvalue weighted by Gasteiger charge is -2.31. The summed E-state index contributed by atoms with van der Waals surface area (Å²) in [4.78, 5) is 25.8. The Hall–Kier alpha value is -2.43. The molecule has 2 aliphatic rings. The van der Waals surface area contributed by atoms with Crippen LogP contribution < -0.4 is 4.90 Å². The molecule has 1 amide bonds. The van der Waals surface area contributed by atoms with Gasteiger partial charge in [-0.2, -0.15) is 0 Å². The highest BCUT2D eigenvalue weighted by Gasteiger charge is 2.23. The molecule has 0 spiro atoms. The second-order valence-corrected chi connectivity index (χ2v) is 7.20. The smallest absolute Gasteiger partial charge is 0.274 e. The van der Waals surface area contributed by atoms with Crippen LogP contribution in [0.3, 0.4) is 0 Å². The maximum absolute atomic E-state index is 12.8. The number of aromatic nitrogens is 2. The van der Waals surface area contributed by atoms with Crippen LogP contribution in [0.25, 0.3) is 0 Å². The van der Waals surface area contributed by atoms with Crippen molar-refractivity contribution in [2.75, 3.05) is 24.5 Å². The zero-order chi connectivity index (χ0) is 17.2. The molecule has 0 bridgehead atoms. The van der Waals surface area contributed by atoms with E-state index in [1.807, 2.05) is 11.0 Å². The van der Waals surface area contributed by atoms with Gasteiger partial charge in [-0.05, 0) is 36.3 Å². The van der Waals surface area contributed by atoms with Gasteiger partial charge in [0, 0.05) is 26.2 Å². The molecule has 4 rings (SSSR count). The predicted molar refractivity (Wildman–Crippen MR) is 97.5 cm³/mol. The second kappa shape index (κ2) is 6.82. The Labute approximate surface area is 148 Å². The molecule has 25 heavy (non-hydrogen) atoms. The molecule has 130 valence electrons. The number of anilines is 1. The third kappa shape index (κ3) is 3.36. The van der Waals surface area contributed by atoms with Crippen molar-refractivity contribution in [3.63, 3.8) is 0 Å². The molecule has 1 unspecified atom stereocenters. The van der Waals surface area contributed by atoms with Gasteiger partial charge in [0.1, 0.15) is 11.5 Å². The number of carbonyl (C=O) groups excluding carboxylic acids is 1. The van der Waals surface area contributed by atoms with Crippen molar-refractivity contribution in [3.05, 3.63) is 53.5 Å². The van der Waals surface area contributed by atoms with Gasteiger partial charge in [0.05, 0.1) is 12.4 Å². The Morgan fingerprint density at radius 1 is 1.12 bits per heavy atom. The van der Waals surface area contributed by atoms with E-state index in [4.69, 9.17) is 0 Å². The maximum atomic E-state index is 12.8. The molecule has 0 radical (unpaired) electrons. The molecule has 0 N–H and O–H groups in total. The summed E-state index contributed by atoms with van der Waals surface area (Å²) in [5.41, 5.74) is 3.01. The first-order valence-corrected chi connectivity index (χ1v) is 9.14. The van der Waals surface area contributed by atoms with Gasteiger partial charge in [-0.15, -0.1) is 0 Å². The molecule has 1 saturated heterocycles. The number of nitrogens with zero attached hydrogens (tertiary/aromatic N) is 4. The van der Waals surface area contributed by atoms with Crippen LogP contribution in [-0.4, -0.2) is 40.4 Å². The molecule has 1 fully saturated rings. The monoisotopic (exact) mass is 336 g/mol. The molecular weight excluding hydrogens is 312 g/mol. The normalized spacial score (nSPS) is 20.3. The van der Waals surface area contributed by atoms with Gasteiger partial charge in [0.15, 0.2) is 0 Å². The van der Waals surface area contributed by atoms with Crippen LogP contribution in [-0.2, 0) is 13.0 Å². The Bertz CT molecular complexity index is 759. The van der Waals surface area contributed by atoms with Crippen molar-refractivity contribution in [1.82, 2.24) is 14.9 Å². The minimum absolute atomic E-state index is 0.0273. The first kappa shape index (κ1) is 16.1. The zero-order valence-corrected chi connectivity index (χ0v) is 14.7. The molecule has 2 aromatic rings. The van der Waals surface area contributed by atoms with Crippen molar-refractivity contribution in [1.29, 1.82) is 0 Å². The number of carbonyl (C=O) groups is 1. The molecule has 5 heteroatoms. The van der Waals surface area contributed by atoms with Crippen molar-refractivity contribution in [3.8, 4) is 0 Å². The van der Waals surface area contributed by atoms with E-state index in [0.29, 0.717) is 18.2 Å².